The van der Waals surface area contributed by atoms with Crippen molar-refractivity contribution in [2.75, 3.05) is 6.26 Å². The van der Waals surface area contributed by atoms with Crippen molar-refractivity contribution in [3.8, 4) is 11.3 Å². The van der Waals surface area contributed by atoms with Gasteiger partial charge in [0, 0.05) is 36.2 Å². The number of aryl methyl sites for hydroxylation is 1. The molecule has 1 aromatic heterocycles. The first kappa shape index (κ1) is 28.4. The topological polar surface area (TPSA) is 84.4 Å². The van der Waals surface area contributed by atoms with Gasteiger partial charge in [-0.1, -0.05) is 55.3 Å². The average molecular weight is 559 g/mol. The molecule has 0 N–H and O–H groups in total. The standard InChI is InChI=1S/C29H35FN2O4S2/c1-22-13-16-26(12-8-4-7-11-23-9-5-3-6-10-23)38(35,36)32(22)21-25-15-14-24(19-28(25)30)29-18-17-27(20-31-29)37(2,33)34/h3,5-6,9-10,14-15,17-20,22,26H,4,7-8,11-13,16,21H2,1-2H3. The average Bonchev–Trinajstić information content (AvgIpc) is 2.88. The summed E-state index contributed by atoms with van der Waals surface area (Å²) >= 11 is 0. The van der Waals surface area contributed by atoms with Crippen LogP contribution in [0.25, 0.3) is 11.3 Å². The van der Waals surface area contributed by atoms with Crippen LogP contribution in [0.5, 0.6) is 0 Å². The molecule has 0 amide bonds. The molecule has 1 aliphatic rings. The minimum Gasteiger partial charge on any atom is -0.255 e. The Labute approximate surface area is 225 Å². The van der Waals surface area contributed by atoms with Crippen molar-refractivity contribution in [1.82, 2.24) is 9.29 Å². The molecule has 1 aliphatic heterocycles. The molecule has 2 atom stereocenters. The van der Waals surface area contributed by atoms with Gasteiger partial charge in [0.15, 0.2) is 9.84 Å². The SMILES string of the molecule is CC1CCC(CCCCCc2ccccc2)S(=O)(=O)N1Cc1ccc(-c2ccc(S(C)(=O)=O)cn2)cc1F. The van der Waals surface area contributed by atoms with Gasteiger partial charge in [-0.15, -0.1) is 0 Å². The van der Waals surface area contributed by atoms with E-state index >= 15 is 4.39 Å². The minimum absolute atomic E-state index is 0.0133. The number of nitrogens with zero attached hydrogens (tertiary/aromatic N) is 2. The minimum atomic E-state index is -3.55. The van der Waals surface area contributed by atoms with Crippen molar-refractivity contribution < 1.29 is 21.2 Å². The summed E-state index contributed by atoms with van der Waals surface area (Å²) in [6.45, 7) is 1.87. The van der Waals surface area contributed by atoms with Crippen LogP contribution in [0.1, 0.15) is 56.6 Å². The van der Waals surface area contributed by atoms with Crippen molar-refractivity contribution in [2.24, 2.45) is 0 Å². The van der Waals surface area contributed by atoms with Crippen molar-refractivity contribution >= 4 is 19.9 Å². The summed E-state index contributed by atoms with van der Waals surface area (Å²) in [7, 11) is -6.93. The van der Waals surface area contributed by atoms with Gasteiger partial charge in [0.05, 0.1) is 15.8 Å². The highest BCUT2D eigenvalue weighted by atomic mass is 32.2. The smallest absolute Gasteiger partial charge is 0.217 e. The van der Waals surface area contributed by atoms with Gasteiger partial charge in [0.1, 0.15) is 5.82 Å². The maximum Gasteiger partial charge on any atom is 0.217 e. The lowest BCUT2D eigenvalue weighted by Gasteiger charge is -2.37. The Morgan fingerprint density at radius 3 is 2.42 bits per heavy atom. The molecule has 1 fully saturated rings. The number of sulfonamides is 1. The number of benzene rings is 2. The fourth-order valence-electron chi connectivity index (χ4n) is 5.00. The van der Waals surface area contributed by atoms with E-state index in [4.69, 9.17) is 0 Å². The highest BCUT2D eigenvalue weighted by molar-refractivity contribution is 7.90. The van der Waals surface area contributed by atoms with Crippen molar-refractivity contribution in [3.05, 3.63) is 83.8 Å². The summed E-state index contributed by atoms with van der Waals surface area (Å²) < 4.78 is 66.8. The number of sulfone groups is 1. The molecular formula is C29H35FN2O4S2. The second-order valence-corrected chi connectivity index (χ2v) is 14.4. The maximum absolute atomic E-state index is 15.1. The van der Waals surface area contributed by atoms with Gasteiger partial charge in [0.25, 0.3) is 0 Å². The van der Waals surface area contributed by atoms with Gasteiger partial charge in [0.2, 0.25) is 10.0 Å². The number of unbranched alkanes of at least 4 members (excludes halogenated alkanes) is 2. The predicted molar refractivity (Wildman–Crippen MR) is 148 cm³/mol. The van der Waals surface area contributed by atoms with Crippen LogP contribution in [0, 0.1) is 5.82 Å². The van der Waals surface area contributed by atoms with Gasteiger partial charge in [-0.05, 0) is 62.8 Å². The molecule has 2 heterocycles. The molecule has 3 aromatic rings. The number of halogens is 1. The summed E-state index contributed by atoms with van der Waals surface area (Å²) in [6.07, 6.45) is 8.22. The van der Waals surface area contributed by atoms with Crippen LogP contribution in [0.4, 0.5) is 4.39 Å². The lowest BCUT2D eigenvalue weighted by Crippen LogP contribution is -2.48. The third kappa shape index (κ3) is 6.87. The third-order valence-electron chi connectivity index (χ3n) is 7.32. The van der Waals surface area contributed by atoms with Crippen LogP contribution in [-0.2, 0) is 32.8 Å². The van der Waals surface area contributed by atoms with Gasteiger partial charge in [-0.2, -0.15) is 4.31 Å². The third-order valence-corrected chi connectivity index (χ3v) is 10.9. The van der Waals surface area contributed by atoms with Gasteiger partial charge in [-0.25, -0.2) is 21.2 Å². The second-order valence-electron chi connectivity index (χ2n) is 10.2. The van der Waals surface area contributed by atoms with E-state index in [9.17, 15) is 16.8 Å². The lowest BCUT2D eigenvalue weighted by atomic mass is 10.0. The zero-order valence-electron chi connectivity index (χ0n) is 21.9. The normalized spacial score (nSPS) is 19.9. The van der Waals surface area contributed by atoms with Crippen molar-refractivity contribution in [3.63, 3.8) is 0 Å². The molecule has 2 aromatic carbocycles. The second kappa shape index (κ2) is 12.1. The van der Waals surface area contributed by atoms with Crippen LogP contribution in [0.3, 0.4) is 0 Å². The number of hydrogen-bond acceptors (Lipinski definition) is 5. The number of pyridine rings is 1. The van der Waals surface area contributed by atoms with E-state index in [2.05, 4.69) is 17.1 Å². The Bertz CT molecular complexity index is 1440. The lowest BCUT2D eigenvalue weighted by molar-refractivity contribution is 0.275. The molecule has 38 heavy (non-hydrogen) atoms. The molecule has 0 saturated carbocycles. The van der Waals surface area contributed by atoms with Gasteiger partial charge in [-0.3, -0.25) is 4.98 Å². The maximum atomic E-state index is 15.1. The van der Waals surface area contributed by atoms with E-state index in [0.29, 0.717) is 29.7 Å². The Morgan fingerprint density at radius 1 is 1.00 bits per heavy atom. The molecule has 9 heteroatoms. The summed E-state index contributed by atoms with van der Waals surface area (Å²) in [4.78, 5) is 4.24. The number of aromatic nitrogens is 1. The van der Waals surface area contributed by atoms with Crippen LogP contribution < -0.4 is 0 Å². The van der Waals surface area contributed by atoms with Crippen molar-refractivity contribution in [2.45, 2.75) is 74.6 Å². The van der Waals surface area contributed by atoms with E-state index in [0.717, 1.165) is 38.4 Å². The van der Waals surface area contributed by atoms with Crippen molar-refractivity contribution in [1.29, 1.82) is 0 Å². The molecule has 204 valence electrons. The Morgan fingerprint density at radius 2 is 1.76 bits per heavy atom. The number of hydrogen-bond donors (Lipinski definition) is 0. The molecule has 1 saturated heterocycles. The fraction of sp³-hybridized carbons (Fsp3) is 0.414. The van der Waals surface area contributed by atoms with Crippen LogP contribution in [-0.4, -0.2) is 43.7 Å². The highest BCUT2D eigenvalue weighted by Gasteiger charge is 2.39. The molecule has 0 aliphatic carbocycles. The molecule has 4 rings (SSSR count). The zero-order chi connectivity index (χ0) is 27.3. The van der Waals surface area contributed by atoms with E-state index < -0.39 is 30.9 Å². The van der Waals surface area contributed by atoms with E-state index in [-0.39, 0.29) is 17.5 Å². The molecule has 6 nitrogen and oxygen atoms in total. The largest absolute Gasteiger partial charge is 0.255 e. The number of rotatable bonds is 10. The summed E-state index contributed by atoms with van der Waals surface area (Å²) in [5.74, 6) is -0.512. The summed E-state index contributed by atoms with van der Waals surface area (Å²) in [6, 6.07) is 17.7. The molecule has 0 radical (unpaired) electrons. The molecule has 2 unspecified atom stereocenters. The quantitative estimate of drug-likeness (QED) is 0.295. The van der Waals surface area contributed by atoms with E-state index in [1.54, 1.807) is 12.1 Å². The Hall–Kier alpha value is -2.62. The summed E-state index contributed by atoms with van der Waals surface area (Å²) in [5, 5.41) is -0.435. The predicted octanol–water partition coefficient (Wildman–Crippen LogP) is 5.78. The summed E-state index contributed by atoms with van der Waals surface area (Å²) in [5.41, 5.74) is 2.54. The van der Waals surface area contributed by atoms with Gasteiger partial charge < -0.3 is 0 Å². The molecular weight excluding hydrogens is 523 g/mol. The van der Waals surface area contributed by atoms with Crippen LogP contribution in [0.2, 0.25) is 0 Å². The zero-order valence-corrected chi connectivity index (χ0v) is 23.5. The fourth-order valence-corrected chi connectivity index (χ4v) is 7.76. The van der Waals surface area contributed by atoms with E-state index in [1.807, 2.05) is 25.1 Å². The first-order valence-corrected chi connectivity index (χ1v) is 16.4. The Kier molecular flexibility index (Phi) is 9.00. The highest BCUT2D eigenvalue weighted by Crippen LogP contribution is 2.32. The van der Waals surface area contributed by atoms with E-state index in [1.165, 1.54) is 34.3 Å². The Balaban J connectivity index is 1.39. The van der Waals surface area contributed by atoms with Crippen LogP contribution in [0.15, 0.2) is 71.8 Å². The van der Waals surface area contributed by atoms with Gasteiger partial charge >= 0.3 is 0 Å². The first-order valence-electron chi connectivity index (χ1n) is 13.0. The van der Waals surface area contributed by atoms with Crippen LogP contribution >= 0.6 is 0 Å². The monoisotopic (exact) mass is 558 g/mol. The first-order chi connectivity index (χ1) is 18.1. The molecule has 0 bridgehead atoms. The molecule has 0 spiro atoms.